The topological polar surface area (TPSA) is 115 Å². The van der Waals surface area contributed by atoms with Crippen molar-refractivity contribution in [1.29, 1.82) is 0 Å². The number of benzene rings is 2. The van der Waals surface area contributed by atoms with E-state index in [1.807, 2.05) is 80.3 Å². The lowest BCUT2D eigenvalue weighted by Crippen LogP contribution is -2.63. The van der Waals surface area contributed by atoms with Crippen molar-refractivity contribution >= 4 is 22.9 Å². The lowest BCUT2D eigenvalue weighted by molar-refractivity contribution is -0.0259. The molecule has 3 aliphatic rings. The van der Waals surface area contributed by atoms with E-state index in [1.165, 1.54) is 6.33 Å². The quantitative estimate of drug-likeness (QED) is 0.293. The van der Waals surface area contributed by atoms with Crippen LogP contribution in [0.4, 0.5) is 10.6 Å². The highest BCUT2D eigenvalue weighted by Gasteiger charge is 2.39. The Kier molecular flexibility index (Phi) is 8.29. The zero-order chi connectivity index (χ0) is 31.8. The first-order valence-electron chi connectivity index (χ1n) is 16.5. The summed E-state index contributed by atoms with van der Waals surface area (Å²) in [6.07, 6.45) is 5.69. The van der Waals surface area contributed by atoms with Gasteiger partial charge in [-0.3, -0.25) is 4.90 Å². The van der Waals surface area contributed by atoms with Crippen LogP contribution in [0.5, 0.6) is 11.5 Å². The first-order chi connectivity index (χ1) is 22.2. The molecule has 5 heterocycles. The lowest BCUT2D eigenvalue weighted by Gasteiger charge is -2.49. The molecule has 3 saturated heterocycles. The van der Waals surface area contributed by atoms with E-state index in [9.17, 15) is 4.79 Å². The number of amides is 1. The predicted octanol–water partition coefficient (Wildman–Crippen LogP) is 5.59. The number of carbonyl (C=O) groups is 1. The Morgan fingerprint density at radius 1 is 0.804 bits per heavy atom. The van der Waals surface area contributed by atoms with Crippen LogP contribution < -0.4 is 10.5 Å². The molecule has 11 heteroatoms. The van der Waals surface area contributed by atoms with Gasteiger partial charge in [-0.2, -0.15) is 5.10 Å². The number of carbonyl (C=O) groups excluding carboxylic acids is 1. The third-order valence-corrected chi connectivity index (χ3v) is 9.52. The molecule has 3 aliphatic heterocycles. The van der Waals surface area contributed by atoms with E-state index >= 15 is 0 Å². The smallest absolute Gasteiger partial charge is 0.410 e. The zero-order valence-electron chi connectivity index (χ0n) is 27.0. The molecule has 46 heavy (non-hydrogen) atoms. The predicted molar refractivity (Wildman–Crippen MR) is 178 cm³/mol. The number of para-hydroxylation sites is 1. The maximum Gasteiger partial charge on any atom is 0.410 e. The molecule has 0 aliphatic carbocycles. The van der Waals surface area contributed by atoms with Crippen LogP contribution in [0.15, 0.2) is 60.9 Å². The largest absolute Gasteiger partial charge is 0.457 e. The van der Waals surface area contributed by atoms with E-state index in [2.05, 4.69) is 24.4 Å². The first-order valence-corrected chi connectivity index (χ1v) is 16.5. The normalized spacial score (nSPS) is 19.3. The van der Waals surface area contributed by atoms with Crippen LogP contribution >= 0.6 is 0 Å². The molecule has 11 nitrogen and oxygen atoms in total. The minimum absolute atomic E-state index is 0.195. The summed E-state index contributed by atoms with van der Waals surface area (Å²) in [6.45, 7) is 11.5. The minimum atomic E-state index is -0.452. The van der Waals surface area contributed by atoms with Gasteiger partial charge in [0.1, 0.15) is 34.9 Å². The molecule has 1 amide bonds. The van der Waals surface area contributed by atoms with Crippen molar-refractivity contribution in [2.24, 2.45) is 0 Å². The van der Waals surface area contributed by atoms with Gasteiger partial charge in [0, 0.05) is 56.9 Å². The summed E-state index contributed by atoms with van der Waals surface area (Å²) in [7, 11) is 0. The summed E-state index contributed by atoms with van der Waals surface area (Å²) in [5.74, 6) is 2.00. The molecule has 2 aromatic heterocycles. The second kappa shape index (κ2) is 12.5. The number of piperidine rings is 2. The Morgan fingerprint density at radius 3 is 2.07 bits per heavy atom. The van der Waals surface area contributed by atoms with Crippen LogP contribution in [-0.4, -0.2) is 97.5 Å². The second-order valence-electron chi connectivity index (χ2n) is 13.8. The Balaban J connectivity index is 0.961. The van der Waals surface area contributed by atoms with Crippen LogP contribution in [0.25, 0.3) is 22.3 Å². The summed E-state index contributed by atoms with van der Waals surface area (Å²) in [4.78, 5) is 28.4. The van der Waals surface area contributed by atoms with Crippen molar-refractivity contribution in [3.05, 3.63) is 60.9 Å². The van der Waals surface area contributed by atoms with Crippen molar-refractivity contribution in [2.45, 2.75) is 70.2 Å². The number of nitrogens with two attached hydrogens (primary N) is 1. The fourth-order valence-corrected chi connectivity index (χ4v) is 7.03. The monoisotopic (exact) mass is 624 g/mol. The van der Waals surface area contributed by atoms with Crippen molar-refractivity contribution in [1.82, 2.24) is 34.4 Å². The number of anilines is 1. The lowest BCUT2D eigenvalue weighted by atomic mass is 9.96. The summed E-state index contributed by atoms with van der Waals surface area (Å²) in [5.41, 5.74) is 8.51. The molecule has 0 bridgehead atoms. The molecule has 242 valence electrons. The number of hydrogen-bond acceptors (Lipinski definition) is 9. The SMILES string of the molecule is CC(C)(C)OC(=O)N1CC(N2CCC(N3CCC(n4nc(-c5ccc(Oc6ccccc6)cc5)c5c(N)ncnc54)CC3)CC2)C1. The van der Waals surface area contributed by atoms with Gasteiger partial charge in [-0.1, -0.05) is 18.2 Å². The van der Waals surface area contributed by atoms with Gasteiger partial charge in [-0.25, -0.2) is 19.4 Å². The molecular weight excluding hydrogens is 580 g/mol. The standard InChI is InChI=1S/C35H44N8O3/c1-35(2,3)46-34(44)42-21-27(22-42)41-17-13-25(14-18-41)40-19-15-26(16-20-40)43-33-30(32(36)37-23-38-33)31(39-43)24-9-11-29(12-10-24)45-28-7-5-4-6-8-28/h4-12,23,25-27H,13-22H2,1-3H3,(H2,36,37,38). The van der Waals surface area contributed by atoms with Gasteiger partial charge in [0.05, 0.1) is 11.4 Å². The Labute approximate surface area is 270 Å². The molecule has 0 saturated carbocycles. The maximum absolute atomic E-state index is 12.3. The average molecular weight is 625 g/mol. The van der Waals surface area contributed by atoms with E-state index in [4.69, 9.17) is 20.3 Å². The molecule has 2 aromatic carbocycles. The van der Waals surface area contributed by atoms with Gasteiger partial charge in [0.2, 0.25) is 0 Å². The molecule has 2 N–H and O–H groups in total. The van der Waals surface area contributed by atoms with Crippen LogP contribution in [0.1, 0.15) is 52.5 Å². The van der Waals surface area contributed by atoms with Crippen molar-refractivity contribution in [3.63, 3.8) is 0 Å². The molecule has 0 radical (unpaired) electrons. The minimum Gasteiger partial charge on any atom is -0.457 e. The van der Waals surface area contributed by atoms with E-state index in [-0.39, 0.29) is 12.1 Å². The fraction of sp³-hybridized carbons (Fsp3) is 0.486. The van der Waals surface area contributed by atoms with Crippen LogP contribution in [-0.2, 0) is 4.74 Å². The molecule has 4 aromatic rings. The summed E-state index contributed by atoms with van der Waals surface area (Å²) in [6, 6.07) is 19.0. The van der Waals surface area contributed by atoms with Gasteiger partial charge < -0.3 is 25.0 Å². The number of nitrogen functional groups attached to an aromatic ring is 1. The van der Waals surface area contributed by atoms with Crippen LogP contribution in [0.3, 0.4) is 0 Å². The number of rotatable bonds is 6. The van der Waals surface area contributed by atoms with Crippen molar-refractivity contribution in [3.8, 4) is 22.8 Å². The molecule has 0 atom stereocenters. The van der Waals surface area contributed by atoms with E-state index in [0.717, 1.165) is 98.7 Å². The van der Waals surface area contributed by atoms with E-state index in [1.54, 1.807) is 0 Å². The van der Waals surface area contributed by atoms with Crippen LogP contribution in [0, 0.1) is 0 Å². The van der Waals surface area contributed by atoms with Crippen LogP contribution in [0.2, 0.25) is 0 Å². The number of hydrogen-bond donors (Lipinski definition) is 1. The highest BCUT2D eigenvalue weighted by molar-refractivity contribution is 5.98. The summed E-state index contributed by atoms with van der Waals surface area (Å²) >= 11 is 0. The van der Waals surface area contributed by atoms with Crippen molar-refractivity contribution < 1.29 is 14.3 Å². The molecule has 7 rings (SSSR count). The number of nitrogens with zero attached hydrogens (tertiary/aromatic N) is 7. The average Bonchev–Trinajstić information content (AvgIpc) is 3.42. The first kappa shape index (κ1) is 30.4. The van der Waals surface area contributed by atoms with Gasteiger partial charge >= 0.3 is 6.09 Å². The number of likely N-dealkylation sites (tertiary alicyclic amines) is 3. The summed E-state index contributed by atoms with van der Waals surface area (Å²) in [5, 5.41) is 5.91. The van der Waals surface area contributed by atoms with E-state index in [0.29, 0.717) is 17.9 Å². The molecule has 3 fully saturated rings. The third kappa shape index (κ3) is 6.39. The molecule has 0 unspecified atom stereocenters. The zero-order valence-corrected chi connectivity index (χ0v) is 27.0. The highest BCUT2D eigenvalue weighted by atomic mass is 16.6. The Bertz CT molecular complexity index is 1650. The Hall–Kier alpha value is -4.22. The highest BCUT2D eigenvalue weighted by Crippen LogP contribution is 2.36. The fourth-order valence-electron chi connectivity index (χ4n) is 7.03. The van der Waals surface area contributed by atoms with Gasteiger partial charge in [-0.15, -0.1) is 0 Å². The van der Waals surface area contributed by atoms with Gasteiger partial charge in [0.15, 0.2) is 5.65 Å². The third-order valence-electron chi connectivity index (χ3n) is 9.52. The maximum atomic E-state index is 12.3. The molecule has 0 spiro atoms. The summed E-state index contributed by atoms with van der Waals surface area (Å²) < 4.78 is 13.6. The van der Waals surface area contributed by atoms with E-state index < -0.39 is 5.60 Å². The Morgan fingerprint density at radius 2 is 1.41 bits per heavy atom. The molecular formula is C35H44N8O3. The second-order valence-corrected chi connectivity index (χ2v) is 13.8. The number of aromatic nitrogens is 4. The van der Waals surface area contributed by atoms with Crippen molar-refractivity contribution in [2.75, 3.05) is 45.0 Å². The number of ether oxygens (including phenoxy) is 2. The van der Waals surface area contributed by atoms with Gasteiger partial charge in [-0.05, 0) is 82.9 Å². The number of fused-ring (bicyclic) bond motifs is 1. The van der Waals surface area contributed by atoms with Gasteiger partial charge in [0.25, 0.3) is 0 Å².